The first-order valence-corrected chi connectivity index (χ1v) is 8.46. The van der Waals surface area contributed by atoms with E-state index in [0.29, 0.717) is 11.5 Å². The van der Waals surface area contributed by atoms with E-state index < -0.39 is 0 Å². The molecule has 1 amide bonds. The molecule has 1 aromatic heterocycles. The Labute approximate surface area is 156 Å². The molecule has 0 unspecified atom stereocenters. The molecule has 0 aliphatic carbocycles. The van der Waals surface area contributed by atoms with Crippen LogP contribution in [0.2, 0.25) is 0 Å². The summed E-state index contributed by atoms with van der Waals surface area (Å²) in [5.74, 6) is 1.77. The lowest BCUT2D eigenvalue weighted by molar-refractivity contribution is -0.119. The molecule has 0 radical (unpaired) electrons. The Morgan fingerprint density at radius 3 is 2.33 bits per heavy atom. The highest BCUT2D eigenvalue weighted by atomic mass is 16.5. The van der Waals surface area contributed by atoms with Gasteiger partial charge in [-0.05, 0) is 48.5 Å². The van der Waals surface area contributed by atoms with E-state index in [0.717, 1.165) is 16.8 Å². The number of imidazole rings is 1. The Kier molecular flexibility index (Phi) is 4.70. The van der Waals surface area contributed by atoms with Crippen molar-refractivity contribution in [1.29, 1.82) is 0 Å². The average Bonchev–Trinajstić information content (AvgIpc) is 3.11. The molecule has 1 N–H and O–H groups in total. The third kappa shape index (κ3) is 4.07. The number of hydrogen-bond donors (Lipinski definition) is 1. The number of para-hydroxylation sites is 3. The zero-order valence-electron chi connectivity index (χ0n) is 14.4. The number of benzene rings is 3. The number of fused-ring (bicyclic) bond motifs is 1. The molecule has 1 heterocycles. The molecule has 4 rings (SSSR count). The maximum atomic E-state index is 12.1. The van der Waals surface area contributed by atoms with Gasteiger partial charge in [0.2, 0.25) is 0 Å². The molecule has 3 aromatic carbocycles. The normalized spacial score (nSPS) is 10.5. The zero-order valence-corrected chi connectivity index (χ0v) is 14.4. The largest absolute Gasteiger partial charge is 0.484 e. The molecule has 0 bridgehead atoms. The van der Waals surface area contributed by atoms with Crippen molar-refractivity contribution in [3.05, 3.63) is 85.2 Å². The lowest BCUT2D eigenvalue weighted by atomic mass is 10.3. The van der Waals surface area contributed by atoms with E-state index in [-0.39, 0.29) is 12.5 Å². The van der Waals surface area contributed by atoms with Crippen LogP contribution in [0.4, 0.5) is 0 Å². The first-order valence-electron chi connectivity index (χ1n) is 8.46. The van der Waals surface area contributed by atoms with Gasteiger partial charge in [-0.1, -0.05) is 30.3 Å². The summed E-state index contributed by atoms with van der Waals surface area (Å²) in [5, 5.41) is 0. The second kappa shape index (κ2) is 7.61. The molecule has 27 heavy (non-hydrogen) atoms. The van der Waals surface area contributed by atoms with E-state index in [1.165, 1.54) is 0 Å². The van der Waals surface area contributed by atoms with Crippen molar-refractivity contribution in [3.63, 3.8) is 0 Å². The highest BCUT2D eigenvalue weighted by Crippen LogP contribution is 2.23. The minimum absolute atomic E-state index is 0.106. The van der Waals surface area contributed by atoms with E-state index in [2.05, 4.69) is 10.4 Å². The fourth-order valence-corrected chi connectivity index (χ4v) is 2.59. The highest BCUT2D eigenvalue weighted by molar-refractivity contribution is 5.87. The van der Waals surface area contributed by atoms with Gasteiger partial charge in [-0.2, -0.15) is 0 Å². The van der Waals surface area contributed by atoms with Crippen molar-refractivity contribution in [1.82, 2.24) is 9.66 Å². The average molecular weight is 359 g/mol. The van der Waals surface area contributed by atoms with Crippen molar-refractivity contribution < 1.29 is 14.3 Å². The van der Waals surface area contributed by atoms with Crippen LogP contribution in [0.5, 0.6) is 17.2 Å². The number of aromatic nitrogens is 2. The number of hydrogen-bond acceptors (Lipinski definition) is 4. The molecular weight excluding hydrogens is 342 g/mol. The number of nitrogens with zero attached hydrogens (tertiary/aromatic N) is 2. The Morgan fingerprint density at radius 2 is 1.52 bits per heavy atom. The maximum Gasteiger partial charge on any atom is 0.276 e. The predicted molar refractivity (Wildman–Crippen MR) is 103 cm³/mol. The molecule has 0 spiro atoms. The molecule has 6 heteroatoms. The van der Waals surface area contributed by atoms with Gasteiger partial charge in [-0.3, -0.25) is 10.2 Å². The maximum absolute atomic E-state index is 12.1. The van der Waals surface area contributed by atoms with E-state index >= 15 is 0 Å². The first-order chi connectivity index (χ1) is 13.3. The minimum Gasteiger partial charge on any atom is -0.484 e. The number of carbonyl (C=O) groups excluding carboxylic acids is 1. The fourth-order valence-electron chi connectivity index (χ4n) is 2.59. The van der Waals surface area contributed by atoms with Crippen LogP contribution in [0, 0.1) is 0 Å². The van der Waals surface area contributed by atoms with Gasteiger partial charge in [0.15, 0.2) is 6.61 Å². The van der Waals surface area contributed by atoms with Gasteiger partial charge in [0.25, 0.3) is 5.91 Å². The molecule has 134 valence electrons. The van der Waals surface area contributed by atoms with E-state index in [9.17, 15) is 4.79 Å². The topological polar surface area (TPSA) is 65.4 Å². The van der Waals surface area contributed by atoms with Crippen molar-refractivity contribution in [2.24, 2.45) is 0 Å². The summed E-state index contributed by atoms with van der Waals surface area (Å²) < 4.78 is 12.8. The van der Waals surface area contributed by atoms with Gasteiger partial charge < -0.3 is 9.47 Å². The second-order valence-corrected chi connectivity index (χ2v) is 5.81. The third-order valence-electron chi connectivity index (χ3n) is 3.87. The number of rotatable bonds is 6. The zero-order chi connectivity index (χ0) is 18.5. The molecule has 4 aromatic rings. The summed E-state index contributed by atoms with van der Waals surface area (Å²) >= 11 is 0. The first kappa shape index (κ1) is 16.7. The fraction of sp³-hybridized carbons (Fsp3) is 0.0476. The molecule has 0 aliphatic heterocycles. The number of amides is 1. The van der Waals surface area contributed by atoms with Crippen LogP contribution < -0.4 is 14.9 Å². The second-order valence-electron chi connectivity index (χ2n) is 5.81. The number of ether oxygens (including phenoxy) is 2. The SMILES string of the molecule is O=C(COc1ccc(Oc2ccccc2)cc1)Nn1cnc2ccccc21. The van der Waals surface area contributed by atoms with Crippen LogP contribution in [0.3, 0.4) is 0 Å². The summed E-state index contributed by atoms with van der Waals surface area (Å²) in [6.07, 6.45) is 1.57. The molecule has 0 fully saturated rings. The molecule has 0 aliphatic rings. The smallest absolute Gasteiger partial charge is 0.276 e. The van der Waals surface area contributed by atoms with Crippen molar-refractivity contribution in [2.75, 3.05) is 12.0 Å². The third-order valence-corrected chi connectivity index (χ3v) is 3.87. The van der Waals surface area contributed by atoms with Crippen LogP contribution in [-0.2, 0) is 4.79 Å². The van der Waals surface area contributed by atoms with Gasteiger partial charge >= 0.3 is 0 Å². The lowest BCUT2D eigenvalue weighted by Crippen LogP contribution is -2.27. The van der Waals surface area contributed by atoms with E-state index in [4.69, 9.17) is 9.47 Å². The van der Waals surface area contributed by atoms with Crippen LogP contribution in [-0.4, -0.2) is 22.2 Å². The van der Waals surface area contributed by atoms with Crippen molar-refractivity contribution in [2.45, 2.75) is 0 Å². The van der Waals surface area contributed by atoms with E-state index in [1.54, 1.807) is 35.3 Å². The highest BCUT2D eigenvalue weighted by Gasteiger charge is 2.07. The van der Waals surface area contributed by atoms with Gasteiger partial charge in [-0.25, -0.2) is 9.66 Å². The van der Waals surface area contributed by atoms with Crippen LogP contribution in [0.1, 0.15) is 0 Å². The van der Waals surface area contributed by atoms with Gasteiger partial charge in [0.1, 0.15) is 23.6 Å². The monoisotopic (exact) mass is 359 g/mol. The van der Waals surface area contributed by atoms with Gasteiger partial charge in [0, 0.05) is 0 Å². The van der Waals surface area contributed by atoms with Crippen LogP contribution >= 0.6 is 0 Å². The lowest BCUT2D eigenvalue weighted by Gasteiger charge is -2.10. The summed E-state index contributed by atoms with van der Waals surface area (Å²) in [5.41, 5.74) is 4.38. The van der Waals surface area contributed by atoms with Crippen molar-refractivity contribution in [3.8, 4) is 17.2 Å². The quantitative estimate of drug-likeness (QED) is 0.566. The Bertz CT molecular complexity index is 1040. The van der Waals surface area contributed by atoms with Gasteiger partial charge in [0.05, 0.1) is 11.0 Å². The summed E-state index contributed by atoms with van der Waals surface area (Å²) in [4.78, 5) is 16.4. The Morgan fingerprint density at radius 1 is 0.852 bits per heavy atom. The Balaban J connectivity index is 1.32. The summed E-state index contributed by atoms with van der Waals surface area (Å²) in [6, 6.07) is 24.2. The minimum atomic E-state index is -0.275. The van der Waals surface area contributed by atoms with E-state index in [1.807, 2.05) is 54.6 Å². The number of nitrogens with one attached hydrogen (secondary N) is 1. The molecule has 6 nitrogen and oxygen atoms in total. The predicted octanol–water partition coefficient (Wildman–Crippen LogP) is 3.98. The standard InChI is InChI=1S/C21H17N3O3/c25-21(23-24-15-22-19-8-4-5-9-20(19)24)14-26-16-10-12-18(13-11-16)27-17-6-2-1-3-7-17/h1-13,15H,14H2,(H,23,25). The van der Waals surface area contributed by atoms with Crippen molar-refractivity contribution >= 4 is 16.9 Å². The molecule has 0 atom stereocenters. The molecular formula is C21H17N3O3. The molecule has 0 saturated heterocycles. The Hall–Kier alpha value is -3.80. The summed E-state index contributed by atoms with van der Waals surface area (Å²) in [6.45, 7) is -0.106. The van der Waals surface area contributed by atoms with Crippen LogP contribution in [0.15, 0.2) is 85.2 Å². The number of carbonyl (C=O) groups is 1. The molecule has 0 saturated carbocycles. The van der Waals surface area contributed by atoms with Gasteiger partial charge in [-0.15, -0.1) is 0 Å². The van der Waals surface area contributed by atoms with Crippen LogP contribution in [0.25, 0.3) is 11.0 Å². The summed E-state index contributed by atoms with van der Waals surface area (Å²) in [7, 11) is 0.